The van der Waals surface area contributed by atoms with Crippen molar-refractivity contribution in [3.8, 4) is 5.75 Å². The molecule has 0 radical (unpaired) electrons. The highest BCUT2D eigenvalue weighted by molar-refractivity contribution is 7.98. The molecule has 2 aromatic carbocycles. The summed E-state index contributed by atoms with van der Waals surface area (Å²) >= 11 is 1.63. The van der Waals surface area contributed by atoms with Crippen molar-refractivity contribution in [3.05, 3.63) is 77.1 Å². The van der Waals surface area contributed by atoms with E-state index in [0.29, 0.717) is 5.82 Å². The fraction of sp³-hybridized carbons (Fsp3) is 0.261. The average molecular weight is 423 g/mol. The van der Waals surface area contributed by atoms with E-state index in [2.05, 4.69) is 34.6 Å². The monoisotopic (exact) mass is 422 g/mol. The first-order valence-electron chi connectivity index (χ1n) is 9.67. The lowest BCUT2D eigenvalue weighted by Crippen LogP contribution is -2.26. The zero-order chi connectivity index (χ0) is 21.5. The topological polar surface area (TPSA) is 69.0 Å². The molecule has 1 atom stereocenters. The fourth-order valence-electron chi connectivity index (χ4n) is 2.96. The SMILES string of the molecule is COc1ccc(C=CC(=O)NC(C)c2nnc(SCc3ccccc3C)n2C)cc1. The number of hydrogen-bond donors (Lipinski definition) is 1. The van der Waals surface area contributed by atoms with Gasteiger partial charge in [0.15, 0.2) is 11.0 Å². The predicted molar refractivity (Wildman–Crippen MR) is 120 cm³/mol. The van der Waals surface area contributed by atoms with Gasteiger partial charge in [-0.25, -0.2) is 0 Å². The molecule has 3 aromatic rings. The van der Waals surface area contributed by atoms with E-state index in [1.807, 2.05) is 54.9 Å². The molecule has 1 amide bonds. The number of nitrogens with zero attached hydrogens (tertiary/aromatic N) is 3. The lowest BCUT2D eigenvalue weighted by molar-refractivity contribution is -0.117. The normalized spacial score (nSPS) is 12.1. The van der Waals surface area contributed by atoms with Gasteiger partial charge in [-0.15, -0.1) is 10.2 Å². The molecule has 0 bridgehead atoms. The second kappa shape index (κ2) is 10.1. The number of thioether (sulfide) groups is 1. The van der Waals surface area contributed by atoms with Gasteiger partial charge in [-0.3, -0.25) is 4.79 Å². The smallest absolute Gasteiger partial charge is 0.244 e. The van der Waals surface area contributed by atoms with Crippen LogP contribution < -0.4 is 10.1 Å². The number of aromatic nitrogens is 3. The highest BCUT2D eigenvalue weighted by atomic mass is 32.2. The Morgan fingerprint density at radius 2 is 1.93 bits per heavy atom. The van der Waals surface area contributed by atoms with Gasteiger partial charge >= 0.3 is 0 Å². The molecule has 1 aromatic heterocycles. The summed E-state index contributed by atoms with van der Waals surface area (Å²) in [7, 11) is 3.55. The van der Waals surface area contributed by atoms with Crippen LogP contribution in [0.2, 0.25) is 0 Å². The van der Waals surface area contributed by atoms with Crippen LogP contribution in [0.1, 0.15) is 35.5 Å². The molecule has 0 aliphatic heterocycles. The second-order valence-electron chi connectivity index (χ2n) is 6.95. The highest BCUT2D eigenvalue weighted by Crippen LogP contribution is 2.24. The number of rotatable bonds is 8. The summed E-state index contributed by atoms with van der Waals surface area (Å²) in [6, 6.07) is 15.6. The Kier molecular flexibility index (Phi) is 7.30. The van der Waals surface area contributed by atoms with Gasteiger partial charge in [-0.1, -0.05) is 48.2 Å². The number of carbonyl (C=O) groups is 1. The highest BCUT2D eigenvalue weighted by Gasteiger charge is 2.17. The molecular weight excluding hydrogens is 396 g/mol. The van der Waals surface area contributed by atoms with E-state index in [1.54, 1.807) is 24.9 Å². The van der Waals surface area contributed by atoms with Crippen molar-refractivity contribution in [1.29, 1.82) is 0 Å². The second-order valence-corrected chi connectivity index (χ2v) is 7.89. The minimum atomic E-state index is -0.261. The zero-order valence-electron chi connectivity index (χ0n) is 17.6. The van der Waals surface area contributed by atoms with Crippen LogP contribution in [0.3, 0.4) is 0 Å². The van der Waals surface area contributed by atoms with Gasteiger partial charge in [0.2, 0.25) is 5.91 Å². The van der Waals surface area contributed by atoms with Crippen molar-refractivity contribution in [2.75, 3.05) is 7.11 Å². The molecule has 3 rings (SSSR count). The molecule has 156 valence electrons. The van der Waals surface area contributed by atoms with E-state index in [1.165, 1.54) is 17.2 Å². The quantitative estimate of drug-likeness (QED) is 0.433. The summed E-state index contributed by atoms with van der Waals surface area (Å²) in [5, 5.41) is 12.3. The molecule has 1 N–H and O–H groups in total. The van der Waals surface area contributed by atoms with Gasteiger partial charge in [-0.05, 0) is 48.7 Å². The van der Waals surface area contributed by atoms with Crippen LogP contribution in [-0.4, -0.2) is 27.8 Å². The Hall–Kier alpha value is -3.06. The molecule has 7 heteroatoms. The van der Waals surface area contributed by atoms with Crippen LogP contribution in [0.15, 0.2) is 59.8 Å². The van der Waals surface area contributed by atoms with Gasteiger partial charge in [0.05, 0.1) is 13.2 Å². The third-order valence-corrected chi connectivity index (χ3v) is 5.84. The minimum absolute atomic E-state index is 0.185. The number of nitrogens with one attached hydrogen (secondary N) is 1. The maximum atomic E-state index is 12.3. The number of ether oxygens (including phenoxy) is 1. The summed E-state index contributed by atoms with van der Waals surface area (Å²) in [5.41, 5.74) is 3.46. The maximum Gasteiger partial charge on any atom is 0.244 e. The van der Waals surface area contributed by atoms with E-state index in [0.717, 1.165) is 22.2 Å². The van der Waals surface area contributed by atoms with Crippen molar-refractivity contribution in [2.24, 2.45) is 7.05 Å². The summed E-state index contributed by atoms with van der Waals surface area (Å²) in [4.78, 5) is 12.3. The van der Waals surface area contributed by atoms with Crippen LogP contribution >= 0.6 is 11.8 Å². The van der Waals surface area contributed by atoms with E-state index >= 15 is 0 Å². The van der Waals surface area contributed by atoms with Crippen molar-refractivity contribution in [1.82, 2.24) is 20.1 Å². The van der Waals surface area contributed by atoms with E-state index in [4.69, 9.17) is 4.74 Å². The van der Waals surface area contributed by atoms with Crippen LogP contribution in [0.5, 0.6) is 5.75 Å². The number of benzene rings is 2. The Balaban J connectivity index is 1.58. The molecule has 0 saturated carbocycles. The maximum absolute atomic E-state index is 12.3. The molecule has 0 aliphatic rings. The first-order valence-corrected chi connectivity index (χ1v) is 10.7. The number of hydrogen-bond acceptors (Lipinski definition) is 5. The average Bonchev–Trinajstić information content (AvgIpc) is 3.12. The Morgan fingerprint density at radius 3 is 2.63 bits per heavy atom. The molecule has 0 saturated heterocycles. The van der Waals surface area contributed by atoms with Gasteiger partial charge in [0.25, 0.3) is 0 Å². The number of carbonyl (C=O) groups excluding carboxylic acids is 1. The van der Waals surface area contributed by atoms with Crippen LogP contribution in [0.25, 0.3) is 6.08 Å². The Morgan fingerprint density at radius 1 is 1.20 bits per heavy atom. The Bertz CT molecular complexity index is 1030. The summed E-state index contributed by atoms with van der Waals surface area (Å²) in [5.74, 6) is 2.14. The first-order chi connectivity index (χ1) is 14.5. The van der Waals surface area contributed by atoms with Crippen LogP contribution in [0.4, 0.5) is 0 Å². The van der Waals surface area contributed by atoms with E-state index in [9.17, 15) is 4.79 Å². The lowest BCUT2D eigenvalue weighted by Gasteiger charge is -2.12. The van der Waals surface area contributed by atoms with Gasteiger partial charge < -0.3 is 14.6 Å². The third-order valence-electron chi connectivity index (χ3n) is 4.78. The van der Waals surface area contributed by atoms with Crippen molar-refractivity contribution >= 4 is 23.7 Å². The van der Waals surface area contributed by atoms with Crippen LogP contribution in [0, 0.1) is 6.92 Å². The standard InChI is InChI=1S/C23H26N4O2S/c1-16-7-5-6-8-19(16)15-30-23-26-25-22(27(23)3)17(2)24-21(28)14-11-18-9-12-20(29-4)13-10-18/h5-14,17H,15H2,1-4H3,(H,24,28). The summed E-state index contributed by atoms with van der Waals surface area (Å²) in [6.07, 6.45) is 3.28. The summed E-state index contributed by atoms with van der Waals surface area (Å²) in [6.45, 7) is 4.01. The molecule has 1 heterocycles. The molecule has 0 fully saturated rings. The van der Waals surface area contributed by atoms with Crippen molar-refractivity contribution in [2.45, 2.75) is 30.8 Å². The number of methoxy groups -OCH3 is 1. The number of aryl methyl sites for hydroxylation is 1. The largest absolute Gasteiger partial charge is 0.497 e. The molecule has 0 aliphatic carbocycles. The third kappa shape index (κ3) is 5.51. The minimum Gasteiger partial charge on any atom is -0.497 e. The summed E-state index contributed by atoms with van der Waals surface area (Å²) < 4.78 is 7.07. The molecule has 0 spiro atoms. The van der Waals surface area contributed by atoms with Gasteiger partial charge in [0.1, 0.15) is 5.75 Å². The lowest BCUT2D eigenvalue weighted by atomic mass is 10.1. The fourth-order valence-corrected chi connectivity index (χ4v) is 3.95. The zero-order valence-corrected chi connectivity index (χ0v) is 18.4. The molecular formula is C23H26N4O2S. The van der Waals surface area contributed by atoms with Gasteiger partial charge in [0, 0.05) is 18.9 Å². The van der Waals surface area contributed by atoms with E-state index < -0.39 is 0 Å². The molecule has 6 nitrogen and oxygen atoms in total. The van der Waals surface area contributed by atoms with Gasteiger partial charge in [-0.2, -0.15) is 0 Å². The Labute approximate surface area is 181 Å². The molecule has 30 heavy (non-hydrogen) atoms. The predicted octanol–water partition coefficient (Wildman–Crippen LogP) is 4.32. The van der Waals surface area contributed by atoms with E-state index in [-0.39, 0.29) is 11.9 Å². The number of amides is 1. The first kappa shape index (κ1) is 21.6. The molecule has 1 unspecified atom stereocenters. The van der Waals surface area contributed by atoms with Crippen molar-refractivity contribution in [3.63, 3.8) is 0 Å². The van der Waals surface area contributed by atoms with Crippen molar-refractivity contribution < 1.29 is 9.53 Å². The van der Waals surface area contributed by atoms with Crippen LogP contribution in [-0.2, 0) is 17.6 Å².